The van der Waals surface area contributed by atoms with Gasteiger partial charge in [0.05, 0.1) is 5.56 Å². The molecule has 0 aliphatic heterocycles. The summed E-state index contributed by atoms with van der Waals surface area (Å²) in [6.45, 7) is 2.71. The molecule has 96 valence electrons. The quantitative estimate of drug-likeness (QED) is 0.897. The fourth-order valence-electron chi connectivity index (χ4n) is 1.59. The zero-order valence-electron chi connectivity index (χ0n) is 9.84. The number of aromatic carboxylic acids is 1. The monoisotopic (exact) mass is 283 g/mol. The summed E-state index contributed by atoms with van der Waals surface area (Å²) in [4.78, 5) is 13.5. The summed E-state index contributed by atoms with van der Waals surface area (Å²) in [6.07, 6.45) is 0. The molecular formula is C13H14ClNO2S. The van der Waals surface area contributed by atoms with Gasteiger partial charge < -0.3 is 10.4 Å². The number of halogens is 1. The summed E-state index contributed by atoms with van der Waals surface area (Å²) in [7, 11) is 0. The predicted molar refractivity (Wildman–Crippen MR) is 77.0 cm³/mol. The summed E-state index contributed by atoms with van der Waals surface area (Å²) >= 11 is 1.71. The van der Waals surface area contributed by atoms with Crippen LogP contribution in [0.25, 0.3) is 0 Å². The molecule has 0 spiro atoms. The van der Waals surface area contributed by atoms with Gasteiger partial charge in [-0.15, -0.1) is 23.7 Å². The van der Waals surface area contributed by atoms with Crippen LogP contribution in [0.3, 0.4) is 0 Å². The number of anilines is 1. The molecule has 0 unspecified atom stereocenters. The Balaban J connectivity index is 0.00000162. The van der Waals surface area contributed by atoms with Crippen LogP contribution in [0.15, 0.2) is 36.4 Å². The van der Waals surface area contributed by atoms with Crippen LogP contribution in [0.4, 0.5) is 5.69 Å². The lowest BCUT2D eigenvalue weighted by Gasteiger charge is -2.07. The molecule has 0 saturated carbocycles. The molecule has 1 aromatic carbocycles. The molecule has 0 atom stereocenters. The van der Waals surface area contributed by atoms with Crippen molar-refractivity contribution in [3.63, 3.8) is 0 Å². The van der Waals surface area contributed by atoms with Gasteiger partial charge in [-0.05, 0) is 31.2 Å². The number of rotatable bonds is 4. The van der Waals surface area contributed by atoms with E-state index in [0.717, 1.165) is 0 Å². The average molecular weight is 284 g/mol. The molecule has 5 heteroatoms. The van der Waals surface area contributed by atoms with Crippen LogP contribution in [0, 0.1) is 6.92 Å². The molecule has 0 radical (unpaired) electrons. The lowest BCUT2D eigenvalue weighted by Crippen LogP contribution is -2.05. The van der Waals surface area contributed by atoms with Crippen LogP contribution < -0.4 is 5.32 Å². The highest BCUT2D eigenvalue weighted by molar-refractivity contribution is 7.11. The Kier molecular flexibility index (Phi) is 5.19. The van der Waals surface area contributed by atoms with Gasteiger partial charge in [-0.3, -0.25) is 0 Å². The number of para-hydroxylation sites is 1. The Morgan fingerprint density at radius 1 is 1.28 bits per heavy atom. The maximum absolute atomic E-state index is 11.0. The summed E-state index contributed by atoms with van der Waals surface area (Å²) in [6, 6.07) is 11.0. The lowest BCUT2D eigenvalue weighted by atomic mass is 10.2. The number of thiophene rings is 1. The first-order chi connectivity index (χ1) is 8.16. The fraction of sp³-hybridized carbons (Fsp3) is 0.154. The molecule has 0 fully saturated rings. The Morgan fingerprint density at radius 2 is 2.00 bits per heavy atom. The van der Waals surface area contributed by atoms with E-state index in [9.17, 15) is 4.79 Å². The van der Waals surface area contributed by atoms with E-state index in [2.05, 4.69) is 24.4 Å². The van der Waals surface area contributed by atoms with E-state index in [-0.39, 0.29) is 12.4 Å². The third-order valence-corrected chi connectivity index (χ3v) is 3.41. The van der Waals surface area contributed by atoms with Crippen molar-refractivity contribution in [2.45, 2.75) is 13.5 Å². The van der Waals surface area contributed by atoms with E-state index in [1.807, 2.05) is 6.07 Å². The average Bonchev–Trinajstić information content (AvgIpc) is 2.73. The van der Waals surface area contributed by atoms with Crippen molar-refractivity contribution in [1.29, 1.82) is 0 Å². The normalized spacial score (nSPS) is 9.61. The number of hydrogen-bond acceptors (Lipinski definition) is 3. The van der Waals surface area contributed by atoms with Crippen molar-refractivity contribution in [1.82, 2.24) is 0 Å². The minimum atomic E-state index is -0.907. The lowest BCUT2D eigenvalue weighted by molar-refractivity contribution is 0.0698. The third kappa shape index (κ3) is 3.48. The molecule has 2 N–H and O–H groups in total. The van der Waals surface area contributed by atoms with Crippen molar-refractivity contribution < 1.29 is 9.90 Å². The Morgan fingerprint density at radius 3 is 2.61 bits per heavy atom. The highest BCUT2D eigenvalue weighted by atomic mass is 35.5. The SMILES string of the molecule is Cc1ccc(CNc2ccccc2C(=O)O)s1.Cl. The molecule has 0 saturated heterocycles. The van der Waals surface area contributed by atoms with E-state index in [0.29, 0.717) is 17.8 Å². The van der Waals surface area contributed by atoms with E-state index >= 15 is 0 Å². The van der Waals surface area contributed by atoms with Crippen molar-refractivity contribution >= 4 is 35.4 Å². The number of carboxylic acid groups (broad SMARTS) is 1. The van der Waals surface area contributed by atoms with E-state index in [1.165, 1.54) is 9.75 Å². The van der Waals surface area contributed by atoms with Crippen LogP contribution in [-0.4, -0.2) is 11.1 Å². The molecule has 0 aliphatic rings. The zero-order chi connectivity index (χ0) is 12.3. The predicted octanol–water partition coefficient (Wildman–Crippen LogP) is 3.79. The maximum Gasteiger partial charge on any atom is 0.337 e. The first-order valence-electron chi connectivity index (χ1n) is 5.28. The third-order valence-electron chi connectivity index (χ3n) is 2.41. The number of carboxylic acids is 1. The second-order valence-corrected chi connectivity index (χ2v) is 5.09. The number of benzene rings is 1. The highest BCUT2D eigenvalue weighted by Gasteiger charge is 2.08. The molecule has 3 nitrogen and oxygen atoms in total. The molecule has 0 amide bonds. The smallest absolute Gasteiger partial charge is 0.337 e. The first-order valence-corrected chi connectivity index (χ1v) is 6.10. The Bertz CT molecular complexity index is 539. The zero-order valence-corrected chi connectivity index (χ0v) is 11.5. The second-order valence-electron chi connectivity index (χ2n) is 3.72. The molecule has 1 aromatic heterocycles. The molecule has 18 heavy (non-hydrogen) atoms. The first kappa shape index (κ1) is 14.5. The van der Waals surface area contributed by atoms with Gasteiger partial charge in [0.25, 0.3) is 0 Å². The molecule has 0 bridgehead atoms. The topological polar surface area (TPSA) is 49.3 Å². The number of nitrogens with one attached hydrogen (secondary N) is 1. The number of carbonyl (C=O) groups is 1. The Labute approximate surface area is 116 Å². The van der Waals surface area contributed by atoms with Crippen LogP contribution in [0.2, 0.25) is 0 Å². The van der Waals surface area contributed by atoms with E-state index in [1.54, 1.807) is 29.5 Å². The minimum absolute atomic E-state index is 0. The summed E-state index contributed by atoms with van der Waals surface area (Å²) < 4.78 is 0. The standard InChI is InChI=1S/C13H13NO2S.ClH/c1-9-6-7-10(17-9)8-14-12-5-3-2-4-11(12)13(15)16;/h2-7,14H,8H2,1H3,(H,15,16);1H. The molecular weight excluding hydrogens is 270 g/mol. The highest BCUT2D eigenvalue weighted by Crippen LogP contribution is 2.19. The van der Waals surface area contributed by atoms with Gasteiger partial charge in [-0.1, -0.05) is 12.1 Å². The minimum Gasteiger partial charge on any atom is -0.478 e. The van der Waals surface area contributed by atoms with Crippen LogP contribution >= 0.6 is 23.7 Å². The summed E-state index contributed by atoms with van der Waals surface area (Å²) in [5.41, 5.74) is 0.965. The fourth-order valence-corrected chi connectivity index (χ4v) is 2.42. The van der Waals surface area contributed by atoms with Gasteiger partial charge in [-0.2, -0.15) is 0 Å². The van der Waals surface area contributed by atoms with Gasteiger partial charge >= 0.3 is 5.97 Å². The Hall–Kier alpha value is -1.52. The van der Waals surface area contributed by atoms with Crippen LogP contribution in [-0.2, 0) is 6.54 Å². The summed E-state index contributed by atoms with van der Waals surface area (Å²) in [5, 5.41) is 12.2. The van der Waals surface area contributed by atoms with Gasteiger partial charge in [0.15, 0.2) is 0 Å². The van der Waals surface area contributed by atoms with E-state index < -0.39 is 5.97 Å². The van der Waals surface area contributed by atoms with Crippen molar-refractivity contribution in [3.8, 4) is 0 Å². The van der Waals surface area contributed by atoms with Gasteiger partial charge in [0, 0.05) is 22.0 Å². The van der Waals surface area contributed by atoms with Gasteiger partial charge in [0.1, 0.15) is 0 Å². The van der Waals surface area contributed by atoms with Crippen LogP contribution in [0.5, 0.6) is 0 Å². The van der Waals surface area contributed by atoms with Crippen LogP contribution in [0.1, 0.15) is 20.1 Å². The van der Waals surface area contributed by atoms with Gasteiger partial charge in [-0.25, -0.2) is 4.79 Å². The summed E-state index contributed by atoms with van der Waals surface area (Å²) in [5.74, 6) is -0.907. The van der Waals surface area contributed by atoms with Crippen molar-refractivity contribution in [2.75, 3.05) is 5.32 Å². The molecule has 2 rings (SSSR count). The maximum atomic E-state index is 11.0. The van der Waals surface area contributed by atoms with E-state index in [4.69, 9.17) is 5.11 Å². The molecule has 2 aromatic rings. The van der Waals surface area contributed by atoms with Crippen molar-refractivity contribution in [2.24, 2.45) is 0 Å². The second kappa shape index (κ2) is 6.42. The molecule has 1 heterocycles. The van der Waals surface area contributed by atoms with Crippen molar-refractivity contribution in [3.05, 3.63) is 51.7 Å². The van der Waals surface area contributed by atoms with Gasteiger partial charge in [0.2, 0.25) is 0 Å². The number of hydrogen-bond donors (Lipinski definition) is 2. The largest absolute Gasteiger partial charge is 0.478 e. The molecule has 0 aliphatic carbocycles. The number of aryl methyl sites for hydroxylation is 1.